The van der Waals surface area contributed by atoms with Crippen LogP contribution in [0.25, 0.3) is 11.0 Å². The highest BCUT2D eigenvalue weighted by Crippen LogP contribution is 2.32. The highest BCUT2D eigenvalue weighted by atomic mass is 19.4. The summed E-state index contributed by atoms with van der Waals surface area (Å²) in [5, 5.41) is 1.87. The molecule has 29 heavy (non-hydrogen) atoms. The Kier molecular flexibility index (Phi) is 5.69. The lowest BCUT2D eigenvalue weighted by molar-refractivity contribution is -0.123. The number of nitrogens with zero attached hydrogens (tertiary/aromatic N) is 3. The molecule has 1 unspecified atom stereocenters. The fraction of sp³-hybridized carbons (Fsp3) is 0.333. The fourth-order valence-corrected chi connectivity index (χ4v) is 2.99. The van der Waals surface area contributed by atoms with Crippen molar-refractivity contribution in [2.45, 2.75) is 19.2 Å². The molecule has 1 atom stereocenters. The van der Waals surface area contributed by atoms with Crippen molar-refractivity contribution in [3.63, 3.8) is 0 Å². The normalized spacial score (nSPS) is 12.8. The molecular weight excluding hydrogens is 391 g/mol. The Hall–Kier alpha value is -3.21. The molecular formula is C18H18F3N5O3. The zero-order valence-electron chi connectivity index (χ0n) is 15.8. The number of halogens is 3. The number of aromatic amines is 1. The highest BCUT2D eigenvalue weighted by Gasteiger charge is 2.29. The van der Waals surface area contributed by atoms with Gasteiger partial charge in [0.05, 0.1) is 30.2 Å². The minimum Gasteiger partial charge on any atom is -0.481 e. The molecule has 2 aromatic heterocycles. The zero-order valence-corrected chi connectivity index (χ0v) is 15.8. The Morgan fingerprint density at radius 1 is 1.24 bits per heavy atom. The Morgan fingerprint density at radius 2 is 2.00 bits per heavy atom. The number of ether oxygens (including phenoxy) is 2. The molecule has 0 aliphatic carbocycles. The van der Waals surface area contributed by atoms with Crippen LogP contribution in [-0.2, 0) is 4.74 Å². The number of fused-ring (bicyclic) bond motifs is 1. The topological polar surface area (TPSA) is 102 Å². The van der Waals surface area contributed by atoms with Crippen LogP contribution in [0.3, 0.4) is 0 Å². The number of aromatic nitrogens is 4. The van der Waals surface area contributed by atoms with Gasteiger partial charge in [0, 0.05) is 12.7 Å². The van der Waals surface area contributed by atoms with Crippen molar-refractivity contribution in [2.75, 3.05) is 20.8 Å². The molecule has 1 amide bonds. The third-order valence-electron chi connectivity index (χ3n) is 4.30. The molecule has 0 saturated heterocycles. The number of H-pyrrole nitrogens is 1. The molecule has 11 heteroatoms. The lowest BCUT2D eigenvalue weighted by Gasteiger charge is -2.19. The van der Waals surface area contributed by atoms with Gasteiger partial charge in [-0.1, -0.05) is 0 Å². The maximum absolute atomic E-state index is 12.5. The number of hydrogen-bond acceptors (Lipinski definition) is 6. The van der Waals surface area contributed by atoms with Crippen molar-refractivity contribution in [3.05, 3.63) is 47.2 Å². The van der Waals surface area contributed by atoms with Crippen LogP contribution < -0.4 is 10.1 Å². The van der Waals surface area contributed by atoms with Crippen LogP contribution >= 0.6 is 0 Å². The average molecular weight is 409 g/mol. The van der Waals surface area contributed by atoms with E-state index in [1.807, 2.05) is 5.32 Å². The number of nitrogens with one attached hydrogen (secondary N) is 2. The second kappa shape index (κ2) is 8.03. The number of benzene rings is 1. The lowest BCUT2D eigenvalue weighted by atomic mass is 9.99. The average Bonchev–Trinajstić information content (AvgIpc) is 3.15. The highest BCUT2D eigenvalue weighted by molar-refractivity contribution is 6.05. The van der Waals surface area contributed by atoms with E-state index < -0.39 is 24.7 Å². The van der Waals surface area contributed by atoms with Crippen molar-refractivity contribution in [1.29, 1.82) is 0 Å². The van der Waals surface area contributed by atoms with Gasteiger partial charge in [-0.05, 0) is 24.6 Å². The van der Waals surface area contributed by atoms with E-state index in [9.17, 15) is 18.0 Å². The summed E-state index contributed by atoms with van der Waals surface area (Å²) in [7, 11) is 2.93. The van der Waals surface area contributed by atoms with Crippen LogP contribution in [0.4, 0.5) is 13.2 Å². The van der Waals surface area contributed by atoms with E-state index >= 15 is 0 Å². The predicted octanol–water partition coefficient (Wildman–Crippen LogP) is 2.70. The summed E-state index contributed by atoms with van der Waals surface area (Å²) in [4.78, 5) is 27.6. The van der Waals surface area contributed by atoms with E-state index in [-0.39, 0.29) is 11.1 Å². The van der Waals surface area contributed by atoms with Gasteiger partial charge in [-0.25, -0.2) is 15.0 Å². The van der Waals surface area contributed by atoms with E-state index in [1.54, 1.807) is 13.0 Å². The number of methoxy groups -OCH3 is 2. The summed E-state index contributed by atoms with van der Waals surface area (Å²) >= 11 is 0. The standard InChI is InChI=1S/C18H18F3N5O3/c1-9-13(24-8-26-17(9)29-3)15(28-2)10-4-11(14-12(5-10)23-7-25-14)16(27)22-6-18(19,20)21/h4-5,7-8,15H,6H2,1-3H3,(H,22,27)(H,23,25). The first kappa shape index (κ1) is 20.5. The van der Waals surface area contributed by atoms with Gasteiger partial charge in [-0.3, -0.25) is 4.79 Å². The second-order valence-electron chi connectivity index (χ2n) is 6.17. The quantitative estimate of drug-likeness (QED) is 0.649. The molecule has 3 aromatic rings. The van der Waals surface area contributed by atoms with Gasteiger partial charge in [0.2, 0.25) is 5.88 Å². The number of imidazole rings is 1. The molecule has 0 aliphatic heterocycles. The summed E-state index contributed by atoms with van der Waals surface area (Å²) in [6.07, 6.45) is -2.57. The first-order valence-corrected chi connectivity index (χ1v) is 8.45. The lowest BCUT2D eigenvalue weighted by Crippen LogP contribution is -2.34. The SMILES string of the molecule is COc1ncnc(C(OC)c2cc(C(=O)NCC(F)(F)F)c3nc[nH]c3c2)c1C. The molecule has 0 bridgehead atoms. The smallest absolute Gasteiger partial charge is 0.405 e. The molecule has 0 saturated carbocycles. The van der Waals surface area contributed by atoms with Gasteiger partial charge in [-0.2, -0.15) is 13.2 Å². The van der Waals surface area contributed by atoms with Crippen molar-refractivity contribution in [3.8, 4) is 5.88 Å². The molecule has 154 valence electrons. The number of hydrogen-bond donors (Lipinski definition) is 2. The third-order valence-corrected chi connectivity index (χ3v) is 4.30. The number of amides is 1. The van der Waals surface area contributed by atoms with E-state index in [1.165, 1.54) is 32.9 Å². The Balaban J connectivity index is 2.06. The molecule has 1 aromatic carbocycles. The van der Waals surface area contributed by atoms with Crippen LogP contribution in [0.2, 0.25) is 0 Å². The van der Waals surface area contributed by atoms with Crippen LogP contribution in [-0.4, -0.2) is 52.8 Å². The summed E-state index contributed by atoms with van der Waals surface area (Å²) < 4.78 is 48.3. The number of rotatable bonds is 6. The maximum Gasteiger partial charge on any atom is 0.405 e. The minimum absolute atomic E-state index is 0.0104. The van der Waals surface area contributed by atoms with E-state index in [0.29, 0.717) is 28.2 Å². The van der Waals surface area contributed by atoms with Crippen molar-refractivity contribution in [2.24, 2.45) is 0 Å². The summed E-state index contributed by atoms with van der Waals surface area (Å²) in [6, 6.07) is 3.14. The third kappa shape index (κ3) is 4.29. The molecule has 0 fully saturated rings. The summed E-state index contributed by atoms with van der Waals surface area (Å²) in [5.41, 5.74) is 2.35. The number of carbonyl (C=O) groups excluding carboxylic acids is 1. The van der Waals surface area contributed by atoms with E-state index in [2.05, 4.69) is 19.9 Å². The molecule has 0 radical (unpaired) electrons. The van der Waals surface area contributed by atoms with E-state index in [0.717, 1.165) is 0 Å². The Bertz CT molecular complexity index is 1040. The van der Waals surface area contributed by atoms with Gasteiger partial charge < -0.3 is 19.8 Å². The van der Waals surface area contributed by atoms with Crippen molar-refractivity contribution < 1.29 is 27.4 Å². The summed E-state index contributed by atoms with van der Waals surface area (Å²) in [5.74, 6) is -0.532. The van der Waals surface area contributed by atoms with Gasteiger partial charge in [0.15, 0.2) is 0 Å². The predicted molar refractivity (Wildman–Crippen MR) is 96.7 cm³/mol. The molecule has 0 spiro atoms. The number of alkyl halides is 3. The molecule has 0 aliphatic rings. The monoisotopic (exact) mass is 409 g/mol. The second-order valence-corrected chi connectivity index (χ2v) is 6.17. The molecule has 3 rings (SSSR count). The molecule has 2 heterocycles. The first-order valence-electron chi connectivity index (χ1n) is 8.45. The molecule has 8 nitrogen and oxygen atoms in total. The Morgan fingerprint density at radius 3 is 2.66 bits per heavy atom. The fourth-order valence-electron chi connectivity index (χ4n) is 2.99. The minimum atomic E-state index is -4.53. The van der Waals surface area contributed by atoms with Crippen LogP contribution in [0.15, 0.2) is 24.8 Å². The van der Waals surface area contributed by atoms with Crippen LogP contribution in [0.1, 0.15) is 33.3 Å². The van der Waals surface area contributed by atoms with Gasteiger partial charge in [0.25, 0.3) is 5.91 Å². The van der Waals surface area contributed by atoms with Crippen LogP contribution in [0.5, 0.6) is 5.88 Å². The Labute approximate surface area is 163 Å². The van der Waals surface area contributed by atoms with Gasteiger partial charge in [0.1, 0.15) is 24.5 Å². The van der Waals surface area contributed by atoms with E-state index in [4.69, 9.17) is 9.47 Å². The van der Waals surface area contributed by atoms with Gasteiger partial charge >= 0.3 is 6.18 Å². The first-order chi connectivity index (χ1) is 13.7. The van der Waals surface area contributed by atoms with Crippen molar-refractivity contribution in [1.82, 2.24) is 25.3 Å². The zero-order chi connectivity index (χ0) is 21.2. The summed E-state index contributed by atoms with van der Waals surface area (Å²) in [6.45, 7) is 0.309. The molecule has 2 N–H and O–H groups in total. The van der Waals surface area contributed by atoms with Crippen LogP contribution in [0, 0.1) is 6.92 Å². The van der Waals surface area contributed by atoms with Gasteiger partial charge in [-0.15, -0.1) is 0 Å². The largest absolute Gasteiger partial charge is 0.481 e. The van der Waals surface area contributed by atoms with Crippen molar-refractivity contribution >= 4 is 16.9 Å². The maximum atomic E-state index is 12.5. The number of carbonyl (C=O) groups is 1.